The Hall–Kier alpha value is -0.180. The maximum absolute atomic E-state index is 6.01. The zero-order valence-corrected chi connectivity index (χ0v) is 8.16. The largest absolute Gasteiger partial charge is 0.314 e. The molecule has 0 spiro atoms. The molecule has 1 fully saturated rings. The third-order valence-electron chi connectivity index (χ3n) is 1.87. The molecule has 1 aliphatic rings. The van der Waals surface area contributed by atoms with Gasteiger partial charge in [-0.05, 0) is 12.1 Å². The second-order valence-electron chi connectivity index (χ2n) is 2.83. The molecule has 0 atom stereocenters. The maximum atomic E-state index is 6.01. The van der Waals surface area contributed by atoms with Crippen LogP contribution in [0.15, 0.2) is 29.2 Å². The molecule has 1 aliphatic heterocycles. The maximum Gasteiger partial charge on any atom is 0.0541 e. The highest BCUT2D eigenvalue weighted by molar-refractivity contribution is 8.00. The first kappa shape index (κ1) is 8.42. The number of hydrogen-bond donors (Lipinski definition) is 1. The van der Waals surface area contributed by atoms with Crippen molar-refractivity contribution in [1.29, 1.82) is 0 Å². The van der Waals surface area contributed by atoms with Crippen LogP contribution in [0.25, 0.3) is 0 Å². The zero-order valence-electron chi connectivity index (χ0n) is 6.59. The molecular formula is C9H10ClNS. The van der Waals surface area contributed by atoms with Crippen LogP contribution in [-0.2, 0) is 0 Å². The highest BCUT2D eigenvalue weighted by Crippen LogP contribution is 2.31. The Kier molecular flexibility index (Phi) is 2.59. The van der Waals surface area contributed by atoms with E-state index in [9.17, 15) is 0 Å². The lowest BCUT2D eigenvalue weighted by Crippen LogP contribution is -2.44. The monoisotopic (exact) mass is 199 g/mol. The molecule has 0 bridgehead atoms. The lowest BCUT2D eigenvalue weighted by molar-refractivity contribution is 0.544. The Morgan fingerprint density at radius 2 is 2.08 bits per heavy atom. The smallest absolute Gasteiger partial charge is 0.0541 e. The first-order chi connectivity index (χ1) is 5.86. The van der Waals surface area contributed by atoms with Gasteiger partial charge < -0.3 is 5.32 Å². The summed E-state index contributed by atoms with van der Waals surface area (Å²) in [6, 6.07) is 8.01. The van der Waals surface area contributed by atoms with Gasteiger partial charge in [0.05, 0.1) is 5.02 Å². The number of thioether (sulfide) groups is 1. The second kappa shape index (κ2) is 3.69. The van der Waals surface area contributed by atoms with Crippen molar-refractivity contribution in [3.63, 3.8) is 0 Å². The summed E-state index contributed by atoms with van der Waals surface area (Å²) < 4.78 is 0. The van der Waals surface area contributed by atoms with E-state index < -0.39 is 0 Å². The third kappa shape index (κ3) is 1.76. The summed E-state index contributed by atoms with van der Waals surface area (Å²) >= 11 is 7.87. The zero-order chi connectivity index (χ0) is 8.39. The molecule has 0 radical (unpaired) electrons. The fourth-order valence-electron chi connectivity index (χ4n) is 1.07. The van der Waals surface area contributed by atoms with Crippen LogP contribution in [0.5, 0.6) is 0 Å². The van der Waals surface area contributed by atoms with Crippen LogP contribution >= 0.6 is 23.4 Å². The summed E-state index contributed by atoms with van der Waals surface area (Å²) in [4.78, 5) is 1.20. The summed E-state index contributed by atoms with van der Waals surface area (Å²) in [5, 5.41) is 4.82. The minimum Gasteiger partial charge on any atom is -0.314 e. The van der Waals surface area contributed by atoms with Crippen molar-refractivity contribution >= 4 is 23.4 Å². The second-order valence-corrected chi connectivity index (χ2v) is 4.58. The van der Waals surface area contributed by atoms with E-state index in [1.807, 2.05) is 30.0 Å². The molecule has 1 nitrogen and oxygen atoms in total. The van der Waals surface area contributed by atoms with Crippen molar-refractivity contribution in [3.8, 4) is 0 Å². The van der Waals surface area contributed by atoms with Gasteiger partial charge in [0.25, 0.3) is 0 Å². The minimum absolute atomic E-state index is 0.713. The van der Waals surface area contributed by atoms with E-state index in [0.717, 1.165) is 18.1 Å². The Labute approximate surface area is 81.5 Å². The number of benzene rings is 1. The van der Waals surface area contributed by atoms with E-state index >= 15 is 0 Å². The molecule has 1 saturated heterocycles. The molecule has 1 N–H and O–H groups in total. The normalized spacial score (nSPS) is 17.4. The number of halogens is 1. The number of nitrogens with one attached hydrogen (secondary N) is 1. The van der Waals surface area contributed by atoms with Crippen molar-refractivity contribution in [3.05, 3.63) is 29.3 Å². The van der Waals surface area contributed by atoms with Gasteiger partial charge >= 0.3 is 0 Å². The van der Waals surface area contributed by atoms with Crippen molar-refractivity contribution in [2.45, 2.75) is 10.1 Å². The predicted octanol–water partition coefficient (Wildman–Crippen LogP) is 2.40. The topological polar surface area (TPSA) is 12.0 Å². The van der Waals surface area contributed by atoms with Gasteiger partial charge in [-0.1, -0.05) is 23.7 Å². The van der Waals surface area contributed by atoms with Crippen LogP contribution in [0, 0.1) is 0 Å². The quantitative estimate of drug-likeness (QED) is 0.785. The van der Waals surface area contributed by atoms with Gasteiger partial charge in [-0.2, -0.15) is 0 Å². The first-order valence-electron chi connectivity index (χ1n) is 3.98. The highest BCUT2D eigenvalue weighted by Gasteiger charge is 2.18. The molecule has 1 heterocycles. The molecule has 1 aromatic rings. The molecule has 3 heteroatoms. The average Bonchev–Trinajstić information content (AvgIpc) is 2.00. The van der Waals surface area contributed by atoms with Crippen molar-refractivity contribution < 1.29 is 0 Å². The lowest BCUT2D eigenvalue weighted by Gasteiger charge is -2.26. The summed E-state index contributed by atoms with van der Waals surface area (Å²) in [7, 11) is 0. The molecule has 12 heavy (non-hydrogen) atoms. The van der Waals surface area contributed by atoms with Gasteiger partial charge in [0.1, 0.15) is 0 Å². The molecule has 2 rings (SSSR count). The molecule has 0 aromatic heterocycles. The fourth-order valence-corrected chi connectivity index (χ4v) is 2.43. The lowest BCUT2D eigenvalue weighted by atomic mass is 10.3. The number of hydrogen-bond acceptors (Lipinski definition) is 2. The van der Waals surface area contributed by atoms with Crippen LogP contribution in [0.4, 0.5) is 0 Å². The Balaban J connectivity index is 2.06. The Bertz CT molecular complexity index is 273. The van der Waals surface area contributed by atoms with Gasteiger partial charge in [-0.25, -0.2) is 0 Å². The van der Waals surface area contributed by atoms with Crippen molar-refractivity contribution in [2.75, 3.05) is 13.1 Å². The predicted molar refractivity (Wildman–Crippen MR) is 54.0 cm³/mol. The van der Waals surface area contributed by atoms with Gasteiger partial charge in [-0.3, -0.25) is 0 Å². The van der Waals surface area contributed by atoms with E-state index in [4.69, 9.17) is 11.6 Å². The molecule has 0 unspecified atom stereocenters. The molecule has 0 saturated carbocycles. The first-order valence-corrected chi connectivity index (χ1v) is 5.24. The highest BCUT2D eigenvalue weighted by atomic mass is 35.5. The molecule has 1 aromatic carbocycles. The van der Waals surface area contributed by atoms with Gasteiger partial charge in [0, 0.05) is 23.2 Å². The summed E-state index contributed by atoms with van der Waals surface area (Å²) in [6.45, 7) is 2.21. The van der Waals surface area contributed by atoms with Crippen LogP contribution in [-0.4, -0.2) is 18.3 Å². The molecular weight excluding hydrogens is 190 g/mol. The average molecular weight is 200 g/mol. The summed E-state index contributed by atoms with van der Waals surface area (Å²) in [5.41, 5.74) is 0. The Morgan fingerprint density at radius 3 is 2.67 bits per heavy atom. The SMILES string of the molecule is Clc1ccccc1SC1CNC1. The van der Waals surface area contributed by atoms with Gasteiger partial charge in [-0.15, -0.1) is 11.8 Å². The molecule has 64 valence electrons. The standard InChI is InChI=1S/C9H10ClNS/c10-8-3-1-2-4-9(8)12-7-5-11-6-7/h1-4,7,11H,5-6H2. The van der Waals surface area contributed by atoms with E-state index in [1.165, 1.54) is 4.90 Å². The molecule has 0 aliphatic carbocycles. The van der Waals surface area contributed by atoms with Crippen LogP contribution in [0.1, 0.15) is 0 Å². The minimum atomic E-state index is 0.713. The van der Waals surface area contributed by atoms with Crippen molar-refractivity contribution in [2.24, 2.45) is 0 Å². The van der Waals surface area contributed by atoms with Gasteiger partial charge in [0.2, 0.25) is 0 Å². The van der Waals surface area contributed by atoms with E-state index in [2.05, 4.69) is 11.4 Å². The van der Waals surface area contributed by atoms with E-state index in [0.29, 0.717) is 5.25 Å². The fraction of sp³-hybridized carbons (Fsp3) is 0.333. The Morgan fingerprint density at radius 1 is 1.33 bits per heavy atom. The third-order valence-corrected chi connectivity index (χ3v) is 3.59. The van der Waals surface area contributed by atoms with Crippen LogP contribution in [0.2, 0.25) is 5.02 Å². The summed E-state index contributed by atoms with van der Waals surface area (Å²) in [5.74, 6) is 0. The van der Waals surface area contributed by atoms with E-state index in [1.54, 1.807) is 0 Å². The van der Waals surface area contributed by atoms with Crippen LogP contribution in [0.3, 0.4) is 0 Å². The summed E-state index contributed by atoms with van der Waals surface area (Å²) in [6.07, 6.45) is 0. The molecule has 0 amide bonds. The van der Waals surface area contributed by atoms with Gasteiger partial charge in [0.15, 0.2) is 0 Å². The van der Waals surface area contributed by atoms with Crippen molar-refractivity contribution in [1.82, 2.24) is 5.32 Å². The number of rotatable bonds is 2. The van der Waals surface area contributed by atoms with E-state index in [-0.39, 0.29) is 0 Å². The van der Waals surface area contributed by atoms with Crippen LogP contribution < -0.4 is 5.32 Å².